The zero-order chi connectivity index (χ0) is 8.55. The van der Waals surface area contributed by atoms with E-state index >= 15 is 0 Å². The standard InChI is InChI=1S/C10H15NO/c11-6-10(12)9-5-7-1-3-8(9)4-2-7/h7-10,12H,1-5H2. The molecular weight excluding hydrogens is 150 g/mol. The highest BCUT2D eigenvalue weighted by Gasteiger charge is 2.38. The lowest BCUT2D eigenvalue weighted by Gasteiger charge is -2.42. The molecule has 0 aliphatic heterocycles. The number of nitriles is 1. The van der Waals surface area contributed by atoms with Crippen molar-refractivity contribution in [2.75, 3.05) is 0 Å². The van der Waals surface area contributed by atoms with Gasteiger partial charge in [0.2, 0.25) is 0 Å². The molecule has 66 valence electrons. The second-order valence-corrected chi connectivity index (χ2v) is 4.25. The van der Waals surface area contributed by atoms with E-state index in [1.807, 2.05) is 6.07 Å². The average Bonchev–Trinajstić information content (AvgIpc) is 2.18. The molecular formula is C10H15NO. The Balaban J connectivity index is 2.05. The molecule has 1 N–H and O–H groups in total. The van der Waals surface area contributed by atoms with Gasteiger partial charge in [-0.15, -0.1) is 0 Å². The number of aliphatic hydroxyl groups is 1. The van der Waals surface area contributed by atoms with Gasteiger partial charge in [-0.25, -0.2) is 0 Å². The second kappa shape index (κ2) is 3.06. The Labute approximate surface area is 73.2 Å². The summed E-state index contributed by atoms with van der Waals surface area (Å²) in [5.74, 6) is 1.75. The van der Waals surface area contributed by atoms with Crippen LogP contribution in [-0.4, -0.2) is 11.2 Å². The van der Waals surface area contributed by atoms with E-state index in [0.29, 0.717) is 11.8 Å². The first-order valence-electron chi connectivity index (χ1n) is 4.89. The minimum atomic E-state index is -0.696. The van der Waals surface area contributed by atoms with E-state index in [9.17, 15) is 5.11 Å². The maximum absolute atomic E-state index is 9.44. The fraction of sp³-hybridized carbons (Fsp3) is 0.900. The Morgan fingerprint density at radius 2 is 1.92 bits per heavy atom. The minimum Gasteiger partial charge on any atom is -0.378 e. The quantitative estimate of drug-likeness (QED) is 0.601. The highest BCUT2D eigenvalue weighted by Crippen LogP contribution is 2.46. The van der Waals surface area contributed by atoms with Gasteiger partial charge in [-0.2, -0.15) is 5.26 Å². The van der Waals surface area contributed by atoms with Crippen LogP contribution in [0.3, 0.4) is 0 Å². The predicted molar refractivity (Wildman–Crippen MR) is 45.2 cm³/mol. The van der Waals surface area contributed by atoms with Crippen LogP contribution in [0.15, 0.2) is 0 Å². The third-order valence-electron chi connectivity index (χ3n) is 3.64. The summed E-state index contributed by atoms with van der Waals surface area (Å²) in [7, 11) is 0. The van der Waals surface area contributed by atoms with Gasteiger partial charge >= 0.3 is 0 Å². The SMILES string of the molecule is N#CC(O)C1CC2CCC1CC2. The monoisotopic (exact) mass is 165 g/mol. The van der Waals surface area contributed by atoms with Crippen LogP contribution in [0.4, 0.5) is 0 Å². The predicted octanol–water partition coefficient (Wildman–Crippen LogP) is 1.70. The lowest BCUT2D eigenvalue weighted by atomic mass is 9.63. The second-order valence-electron chi connectivity index (χ2n) is 4.25. The molecule has 2 heteroatoms. The molecule has 0 saturated heterocycles. The molecule has 3 rings (SSSR count). The number of hydrogen-bond donors (Lipinski definition) is 1. The molecule has 2 atom stereocenters. The van der Waals surface area contributed by atoms with Crippen molar-refractivity contribution in [3.63, 3.8) is 0 Å². The van der Waals surface area contributed by atoms with Crippen molar-refractivity contribution in [1.29, 1.82) is 5.26 Å². The summed E-state index contributed by atoms with van der Waals surface area (Å²) in [4.78, 5) is 0. The number of aliphatic hydroxyl groups excluding tert-OH is 1. The summed E-state index contributed by atoms with van der Waals surface area (Å²) in [6, 6.07) is 1.98. The van der Waals surface area contributed by atoms with Crippen LogP contribution in [0.1, 0.15) is 32.1 Å². The van der Waals surface area contributed by atoms with Gasteiger partial charge in [-0.05, 0) is 31.1 Å². The Hall–Kier alpha value is -0.550. The Morgan fingerprint density at radius 1 is 1.25 bits per heavy atom. The van der Waals surface area contributed by atoms with Crippen LogP contribution in [0.25, 0.3) is 0 Å². The van der Waals surface area contributed by atoms with E-state index in [4.69, 9.17) is 5.26 Å². The normalized spacial score (nSPS) is 42.2. The molecule has 0 amide bonds. The summed E-state index contributed by atoms with van der Waals surface area (Å²) >= 11 is 0. The first kappa shape index (κ1) is 8.07. The van der Waals surface area contributed by atoms with Crippen LogP contribution in [0.2, 0.25) is 0 Å². The van der Waals surface area contributed by atoms with Gasteiger partial charge in [-0.3, -0.25) is 0 Å². The van der Waals surface area contributed by atoms with Gasteiger partial charge in [-0.1, -0.05) is 12.8 Å². The Bertz CT molecular complexity index is 200. The first-order valence-corrected chi connectivity index (χ1v) is 4.89. The average molecular weight is 165 g/mol. The van der Waals surface area contributed by atoms with Crippen molar-refractivity contribution < 1.29 is 5.11 Å². The zero-order valence-corrected chi connectivity index (χ0v) is 7.24. The molecule has 0 spiro atoms. The molecule has 2 bridgehead atoms. The third-order valence-corrected chi connectivity index (χ3v) is 3.64. The number of rotatable bonds is 1. The molecule has 3 aliphatic carbocycles. The fourth-order valence-corrected chi connectivity index (χ4v) is 2.91. The van der Waals surface area contributed by atoms with Crippen molar-refractivity contribution >= 4 is 0 Å². The van der Waals surface area contributed by atoms with E-state index in [-0.39, 0.29) is 0 Å². The van der Waals surface area contributed by atoms with Crippen LogP contribution in [0.5, 0.6) is 0 Å². The summed E-state index contributed by atoms with van der Waals surface area (Å²) in [5, 5.41) is 18.1. The molecule has 0 aromatic rings. The first-order chi connectivity index (χ1) is 5.81. The van der Waals surface area contributed by atoms with Gasteiger partial charge in [0.05, 0.1) is 6.07 Å². The van der Waals surface area contributed by atoms with Gasteiger partial charge in [0.25, 0.3) is 0 Å². The van der Waals surface area contributed by atoms with E-state index < -0.39 is 6.10 Å². The molecule has 3 saturated carbocycles. The largest absolute Gasteiger partial charge is 0.378 e. The number of hydrogen-bond acceptors (Lipinski definition) is 2. The van der Waals surface area contributed by atoms with Gasteiger partial charge in [0.15, 0.2) is 0 Å². The minimum absolute atomic E-state index is 0.294. The molecule has 2 unspecified atom stereocenters. The molecule has 0 heterocycles. The molecule has 0 aromatic heterocycles. The van der Waals surface area contributed by atoms with E-state index in [1.54, 1.807) is 0 Å². The molecule has 3 fully saturated rings. The van der Waals surface area contributed by atoms with E-state index in [1.165, 1.54) is 25.7 Å². The molecule has 0 aromatic carbocycles. The van der Waals surface area contributed by atoms with Crippen molar-refractivity contribution in [3.8, 4) is 6.07 Å². The van der Waals surface area contributed by atoms with Crippen LogP contribution in [-0.2, 0) is 0 Å². The van der Waals surface area contributed by atoms with E-state index in [2.05, 4.69) is 0 Å². The topological polar surface area (TPSA) is 44.0 Å². The highest BCUT2D eigenvalue weighted by atomic mass is 16.3. The van der Waals surface area contributed by atoms with Gasteiger partial charge in [0.1, 0.15) is 6.10 Å². The van der Waals surface area contributed by atoms with Crippen molar-refractivity contribution in [2.24, 2.45) is 17.8 Å². The van der Waals surface area contributed by atoms with Crippen molar-refractivity contribution in [2.45, 2.75) is 38.2 Å². The molecule has 3 aliphatic rings. The Morgan fingerprint density at radius 3 is 2.33 bits per heavy atom. The lowest BCUT2D eigenvalue weighted by molar-refractivity contribution is 0.0230. The third kappa shape index (κ3) is 1.23. The molecule has 0 radical (unpaired) electrons. The number of nitrogens with zero attached hydrogens (tertiary/aromatic N) is 1. The van der Waals surface area contributed by atoms with Gasteiger partial charge in [0, 0.05) is 5.92 Å². The fourth-order valence-electron chi connectivity index (χ4n) is 2.91. The summed E-state index contributed by atoms with van der Waals surface area (Å²) < 4.78 is 0. The van der Waals surface area contributed by atoms with E-state index in [0.717, 1.165) is 12.3 Å². The summed E-state index contributed by atoms with van der Waals surface area (Å²) in [6.07, 6.45) is 5.55. The summed E-state index contributed by atoms with van der Waals surface area (Å²) in [5.41, 5.74) is 0. The summed E-state index contributed by atoms with van der Waals surface area (Å²) in [6.45, 7) is 0. The van der Waals surface area contributed by atoms with Gasteiger partial charge < -0.3 is 5.11 Å². The zero-order valence-electron chi connectivity index (χ0n) is 7.24. The van der Waals surface area contributed by atoms with Crippen LogP contribution < -0.4 is 0 Å². The Kier molecular flexibility index (Phi) is 2.06. The highest BCUT2D eigenvalue weighted by molar-refractivity contribution is 4.97. The number of fused-ring (bicyclic) bond motifs is 3. The van der Waals surface area contributed by atoms with Crippen molar-refractivity contribution in [1.82, 2.24) is 0 Å². The molecule has 12 heavy (non-hydrogen) atoms. The van der Waals surface area contributed by atoms with Crippen molar-refractivity contribution in [3.05, 3.63) is 0 Å². The lowest BCUT2D eigenvalue weighted by Crippen LogP contribution is -2.37. The van der Waals surface area contributed by atoms with Crippen LogP contribution >= 0.6 is 0 Å². The smallest absolute Gasteiger partial charge is 0.143 e. The maximum atomic E-state index is 9.44. The molecule has 2 nitrogen and oxygen atoms in total. The maximum Gasteiger partial charge on any atom is 0.143 e. The van der Waals surface area contributed by atoms with Crippen LogP contribution in [0, 0.1) is 29.1 Å².